The molecule has 3 nitrogen and oxygen atoms in total. The average Bonchev–Trinajstić information content (AvgIpc) is 3.69. The van der Waals surface area contributed by atoms with E-state index in [2.05, 4.69) is 248 Å². The lowest BCUT2D eigenvalue weighted by molar-refractivity contribution is 0.590. The summed E-state index contributed by atoms with van der Waals surface area (Å²) in [5.74, 6) is 0. The lowest BCUT2D eigenvalue weighted by Gasteiger charge is -2.45. The fourth-order valence-electron chi connectivity index (χ4n) is 10.1. The molecule has 2 aliphatic heterocycles. The number of rotatable bonds is 6. The van der Waals surface area contributed by atoms with Crippen molar-refractivity contribution in [3.05, 3.63) is 218 Å². The summed E-state index contributed by atoms with van der Waals surface area (Å²) in [7, 11) is 0. The minimum absolute atomic E-state index is 0.00518. The Kier molecular flexibility index (Phi) is 8.70. The highest BCUT2D eigenvalue weighted by Gasteiger charge is 2.43. The second-order valence-electron chi connectivity index (χ2n) is 17.8. The molecule has 12 rings (SSSR count). The molecule has 0 unspecified atom stereocenters. The molecule has 0 N–H and O–H groups in total. The smallest absolute Gasteiger partial charge is 0.252 e. The predicted molar refractivity (Wildman–Crippen MR) is 272 cm³/mol. The van der Waals surface area contributed by atoms with Gasteiger partial charge in [0.05, 0.1) is 11.4 Å². The minimum Gasteiger partial charge on any atom is -0.311 e. The normalized spacial score (nSPS) is 12.9. The Hall–Kier alpha value is -7.34. The Bertz CT molecular complexity index is 3230. The summed E-state index contributed by atoms with van der Waals surface area (Å²) in [5, 5.41) is 2.55. The Morgan fingerprint density at radius 3 is 1.56 bits per heavy atom. The van der Waals surface area contributed by atoms with Gasteiger partial charge in [-0.05, 0) is 112 Å². The maximum Gasteiger partial charge on any atom is 0.252 e. The maximum atomic E-state index is 2.53. The second kappa shape index (κ2) is 14.6. The van der Waals surface area contributed by atoms with Crippen LogP contribution in [0.3, 0.4) is 0 Å². The topological polar surface area (TPSA) is 9.72 Å². The molecule has 0 fully saturated rings. The highest BCUT2D eigenvalue weighted by Crippen LogP contribution is 2.51. The Morgan fingerprint density at radius 1 is 0.444 bits per heavy atom. The van der Waals surface area contributed by atoms with Crippen LogP contribution in [0, 0.1) is 0 Å². The van der Waals surface area contributed by atoms with E-state index in [0.29, 0.717) is 0 Å². The molecule has 2 aliphatic rings. The van der Waals surface area contributed by atoms with Gasteiger partial charge in [0.1, 0.15) is 0 Å². The quantitative estimate of drug-likeness (QED) is 0.155. The summed E-state index contributed by atoms with van der Waals surface area (Å²) >= 11 is 1.87. The van der Waals surface area contributed by atoms with Crippen molar-refractivity contribution in [3.63, 3.8) is 0 Å². The van der Waals surface area contributed by atoms with E-state index < -0.39 is 0 Å². The first-order valence-corrected chi connectivity index (χ1v) is 22.7. The zero-order valence-corrected chi connectivity index (χ0v) is 36.4. The molecule has 1 aromatic heterocycles. The highest BCUT2D eigenvalue weighted by atomic mass is 32.1. The number of para-hydroxylation sites is 4. The molecule has 0 amide bonds. The van der Waals surface area contributed by atoms with E-state index in [1.54, 1.807) is 0 Å². The Morgan fingerprint density at radius 2 is 0.968 bits per heavy atom. The molecule has 9 aromatic carbocycles. The van der Waals surface area contributed by atoms with Gasteiger partial charge in [0.25, 0.3) is 6.71 Å². The van der Waals surface area contributed by atoms with Crippen molar-refractivity contribution in [1.82, 2.24) is 0 Å². The average molecular weight is 826 g/mol. The molecule has 0 spiro atoms. The molecular formula is C58H44BN3S. The number of fused-ring (bicyclic) bond motifs is 7. The van der Waals surface area contributed by atoms with Gasteiger partial charge in [0.15, 0.2) is 0 Å². The molecule has 10 aromatic rings. The third-order valence-corrected chi connectivity index (χ3v) is 14.1. The summed E-state index contributed by atoms with van der Waals surface area (Å²) < 4.78 is 2.58. The van der Waals surface area contributed by atoms with Gasteiger partial charge in [-0.15, -0.1) is 11.3 Å². The largest absolute Gasteiger partial charge is 0.311 e. The van der Waals surface area contributed by atoms with Gasteiger partial charge in [-0.2, -0.15) is 0 Å². The van der Waals surface area contributed by atoms with Crippen LogP contribution in [0.5, 0.6) is 0 Å². The lowest BCUT2D eigenvalue weighted by atomic mass is 9.33. The first-order valence-electron chi connectivity index (χ1n) is 21.9. The molecule has 0 aliphatic carbocycles. The van der Waals surface area contributed by atoms with Crippen LogP contribution in [-0.4, -0.2) is 6.71 Å². The standard InChI is InChI=1S/C58H44BN3S/c1-58(2,3)40-31-33-43(34-32-40)60(52-37-47-45-25-13-18-30-55(45)63-56(47)38-46(52)39-19-7-4-8-20-39)44-35-53-57-54(36-44)62(42-23-11-6-12-24-42)51-29-17-15-27-49(51)59(57)48-26-14-16-28-50(48)61(53)41-21-9-5-10-22-41/h4-38H,1-3H3. The summed E-state index contributed by atoms with van der Waals surface area (Å²) in [6, 6.07) is 78.7. The molecule has 3 heterocycles. The number of thiophene rings is 1. The van der Waals surface area contributed by atoms with Crippen LogP contribution >= 0.6 is 11.3 Å². The second-order valence-corrected chi connectivity index (χ2v) is 18.8. The maximum absolute atomic E-state index is 2.53. The van der Waals surface area contributed by atoms with E-state index in [1.165, 1.54) is 76.0 Å². The molecule has 300 valence electrons. The number of hydrogen-bond donors (Lipinski definition) is 0. The van der Waals surface area contributed by atoms with E-state index in [0.717, 1.165) is 28.4 Å². The van der Waals surface area contributed by atoms with E-state index in [9.17, 15) is 0 Å². The van der Waals surface area contributed by atoms with Crippen molar-refractivity contribution in [2.24, 2.45) is 0 Å². The van der Waals surface area contributed by atoms with Crippen LogP contribution in [0.2, 0.25) is 0 Å². The third kappa shape index (κ3) is 6.10. The summed E-state index contributed by atoms with van der Waals surface area (Å²) in [4.78, 5) is 7.53. The Balaban J connectivity index is 1.22. The van der Waals surface area contributed by atoms with Crippen molar-refractivity contribution in [2.75, 3.05) is 14.7 Å². The van der Waals surface area contributed by atoms with E-state index >= 15 is 0 Å². The number of anilines is 9. The lowest BCUT2D eigenvalue weighted by Crippen LogP contribution is -2.61. The fraction of sp³-hybridized carbons (Fsp3) is 0.0690. The van der Waals surface area contributed by atoms with Crippen LogP contribution in [-0.2, 0) is 5.41 Å². The summed E-state index contributed by atoms with van der Waals surface area (Å²) in [6.45, 7) is 6.91. The Labute approximate surface area is 373 Å². The zero-order chi connectivity index (χ0) is 42.2. The molecule has 63 heavy (non-hydrogen) atoms. The van der Waals surface area contributed by atoms with Crippen molar-refractivity contribution >= 4 is 106 Å². The molecule has 0 atom stereocenters. The van der Waals surface area contributed by atoms with Gasteiger partial charge in [-0.3, -0.25) is 0 Å². The van der Waals surface area contributed by atoms with Gasteiger partial charge >= 0.3 is 0 Å². The molecular weight excluding hydrogens is 782 g/mol. The van der Waals surface area contributed by atoms with Crippen LogP contribution in [0.15, 0.2) is 212 Å². The molecule has 0 bridgehead atoms. The van der Waals surface area contributed by atoms with Crippen LogP contribution in [0.4, 0.5) is 51.2 Å². The first-order chi connectivity index (χ1) is 30.9. The summed E-state index contributed by atoms with van der Waals surface area (Å²) in [5.41, 5.74) is 17.9. The molecule has 0 saturated carbocycles. The van der Waals surface area contributed by atoms with Crippen molar-refractivity contribution < 1.29 is 0 Å². The minimum atomic E-state index is 0.00518. The van der Waals surface area contributed by atoms with E-state index in [1.807, 2.05) is 11.3 Å². The molecule has 0 radical (unpaired) electrons. The SMILES string of the molecule is CC(C)(C)c1ccc(N(c2cc3c4c(c2)N(c2ccccc2)c2ccccc2B4c2ccccc2N3c2ccccc2)c2cc3c(cc2-c2ccccc2)sc2ccccc23)cc1. The van der Waals surface area contributed by atoms with Gasteiger partial charge in [-0.1, -0.05) is 154 Å². The fourth-order valence-corrected chi connectivity index (χ4v) is 11.2. The molecule has 5 heteroatoms. The monoisotopic (exact) mass is 825 g/mol. The van der Waals surface area contributed by atoms with Crippen molar-refractivity contribution in [3.8, 4) is 11.1 Å². The van der Waals surface area contributed by atoms with Gasteiger partial charge in [-0.25, -0.2) is 0 Å². The first kappa shape index (κ1) is 37.4. The number of hydrogen-bond acceptors (Lipinski definition) is 4. The van der Waals surface area contributed by atoms with Gasteiger partial charge in [0.2, 0.25) is 0 Å². The van der Waals surface area contributed by atoms with Crippen LogP contribution < -0.4 is 31.1 Å². The van der Waals surface area contributed by atoms with Crippen molar-refractivity contribution in [2.45, 2.75) is 26.2 Å². The van der Waals surface area contributed by atoms with Crippen LogP contribution in [0.1, 0.15) is 26.3 Å². The van der Waals surface area contributed by atoms with Crippen molar-refractivity contribution in [1.29, 1.82) is 0 Å². The zero-order valence-electron chi connectivity index (χ0n) is 35.5. The molecule has 0 saturated heterocycles. The van der Waals surface area contributed by atoms with Gasteiger partial charge in [0, 0.05) is 65.5 Å². The third-order valence-electron chi connectivity index (χ3n) is 13.0. The predicted octanol–water partition coefficient (Wildman–Crippen LogP) is 14.6. The number of benzene rings is 9. The highest BCUT2D eigenvalue weighted by molar-refractivity contribution is 7.25. The summed E-state index contributed by atoms with van der Waals surface area (Å²) in [6.07, 6.45) is 0. The number of nitrogens with zero attached hydrogens (tertiary/aromatic N) is 3. The van der Waals surface area contributed by atoms with E-state index in [-0.39, 0.29) is 12.1 Å². The van der Waals surface area contributed by atoms with Crippen LogP contribution in [0.25, 0.3) is 31.3 Å². The van der Waals surface area contributed by atoms with E-state index in [4.69, 9.17) is 0 Å². The van der Waals surface area contributed by atoms with Gasteiger partial charge < -0.3 is 14.7 Å².